The van der Waals surface area contributed by atoms with E-state index in [1.807, 2.05) is 0 Å². The Labute approximate surface area is 152 Å². The van der Waals surface area contributed by atoms with E-state index in [9.17, 15) is 18.7 Å². The van der Waals surface area contributed by atoms with E-state index < -0.39 is 26.8 Å². The van der Waals surface area contributed by atoms with Gasteiger partial charge >= 0.3 is 15.6 Å². The van der Waals surface area contributed by atoms with Crippen LogP contribution in [0, 0.1) is 0 Å². The predicted octanol–water partition coefficient (Wildman–Crippen LogP) is 2.24. The molecule has 0 aromatic heterocycles. The zero-order chi connectivity index (χ0) is 20.8. The van der Waals surface area contributed by atoms with Crippen LogP contribution in [0.1, 0.15) is 66.2 Å². The lowest BCUT2D eigenvalue weighted by Gasteiger charge is -2.25. The molecule has 0 aromatic rings. The monoisotopic (exact) mass is 418 g/mol. The molecule has 0 bridgehead atoms. The topological polar surface area (TPSA) is 168 Å². The van der Waals surface area contributed by atoms with Crippen molar-refractivity contribution in [2.24, 2.45) is 0 Å². The van der Waals surface area contributed by atoms with Crippen molar-refractivity contribution in [1.82, 2.24) is 0 Å². The molecule has 0 unspecified atom stereocenters. The standard InChI is InChI=1S/C14H28O10P2/c1-13(2,23-25(17,18)19)9-7-11(15)5-6-12(16)8-10-14(3,4)24-26(20,21)22/h5-10H2,1-4H3,(H2,17,18,19)(H2,20,21,22). The van der Waals surface area contributed by atoms with Crippen LogP contribution in [0.2, 0.25) is 0 Å². The molecule has 0 spiro atoms. The third kappa shape index (κ3) is 14.7. The molecular weight excluding hydrogens is 390 g/mol. The zero-order valence-corrected chi connectivity index (χ0v) is 17.2. The van der Waals surface area contributed by atoms with Crippen LogP contribution in [0.25, 0.3) is 0 Å². The van der Waals surface area contributed by atoms with Crippen LogP contribution in [0.3, 0.4) is 0 Å². The third-order valence-electron chi connectivity index (χ3n) is 3.43. The molecule has 0 aromatic carbocycles. The van der Waals surface area contributed by atoms with E-state index in [0.717, 1.165) is 0 Å². The second-order valence-corrected chi connectivity index (χ2v) is 9.59. The van der Waals surface area contributed by atoms with Gasteiger partial charge in [-0.2, -0.15) is 0 Å². The van der Waals surface area contributed by atoms with E-state index in [-0.39, 0.29) is 50.1 Å². The normalized spacial score (nSPS) is 13.7. The van der Waals surface area contributed by atoms with Gasteiger partial charge < -0.3 is 19.6 Å². The van der Waals surface area contributed by atoms with Gasteiger partial charge in [0, 0.05) is 25.7 Å². The molecule has 154 valence electrons. The Bertz CT molecular complexity index is 535. The van der Waals surface area contributed by atoms with E-state index in [2.05, 4.69) is 9.05 Å². The fourth-order valence-electron chi connectivity index (χ4n) is 2.14. The SMILES string of the molecule is CC(C)(CCC(=O)CCC(=O)CCC(C)(C)OP(=O)(O)O)OP(=O)(O)O. The molecule has 0 fully saturated rings. The average molecular weight is 418 g/mol. The molecule has 0 radical (unpaired) electrons. The fraction of sp³-hybridized carbons (Fsp3) is 0.857. The molecule has 0 aliphatic carbocycles. The Balaban J connectivity index is 4.22. The molecule has 26 heavy (non-hydrogen) atoms. The van der Waals surface area contributed by atoms with Crippen LogP contribution in [0.4, 0.5) is 0 Å². The highest BCUT2D eigenvalue weighted by Gasteiger charge is 2.30. The van der Waals surface area contributed by atoms with E-state index in [4.69, 9.17) is 19.6 Å². The summed E-state index contributed by atoms with van der Waals surface area (Å²) in [6.07, 6.45) is 0.151. The van der Waals surface area contributed by atoms with E-state index in [1.165, 1.54) is 27.7 Å². The molecule has 0 amide bonds. The van der Waals surface area contributed by atoms with Crippen LogP contribution < -0.4 is 0 Å². The third-order valence-corrected chi connectivity index (χ3v) is 4.89. The highest BCUT2D eigenvalue weighted by atomic mass is 31.2. The van der Waals surface area contributed by atoms with Crippen LogP contribution in [-0.4, -0.2) is 42.3 Å². The number of hydrogen-bond donors (Lipinski definition) is 4. The fourth-order valence-corrected chi connectivity index (χ4v) is 3.62. The second-order valence-electron chi connectivity index (χ2n) is 7.26. The first-order valence-corrected chi connectivity index (χ1v) is 11.0. The summed E-state index contributed by atoms with van der Waals surface area (Å²) in [5.41, 5.74) is -2.36. The summed E-state index contributed by atoms with van der Waals surface area (Å²) < 4.78 is 30.8. The number of phosphoric ester groups is 2. The lowest BCUT2D eigenvalue weighted by atomic mass is 9.96. The van der Waals surface area contributed by atoms with Gasteiger partial charge in [0.2, 0.25) is 0 Å². The van der Waals surface area contributed by atoms with Crippen molar-refractivity contribution < 1.29 is 47.3 Å². The molecule has 0 saturated heterocycles. The van der Waals surface area contributed by atoms with Gasteiger partial charge in [0.15, 0.2) is 0 Å². The lowest BCUT2D eigenvalue weighted by molar-refractivity contribution is -0.125. The summed E-state index contributed by atoms with van der Waals surface area (Å²) in [6, 6.07) is 0. The largest absolute Gasteiger partial charge is 0.470 e. The number of Topliss-reactive ketones (excluding diaryl/α,β-unsaturated/α-hetero) is 2. The number of ketones is 2. The first kappa shape index (κ1) is 25.6. The highest BCUT2D eigenvalue weighted by molar-refractivity contribution is 7.46. The maximum atomic E-state index is 11.8. The molecule has 0 rings (SSSR count). The van der Waals surface area contributed by atoms with Gasteiger partial charge in [0.1, 0.15) is 11.6 Å². The minimum atomic E-state index is -4.65. The number of rotatable bonds is 13. The first-order chi connectivity index (χ1) is 11.4. The summed E-state index contributed by atoms with van der Waals surface area (Å²) in [4.78, 5) is 58.8. The number of carbonyl (C=O) groups is 2. The molecule has 0 saturated carbocycles. The average Bonchev–Trinajstić information content (AvgIpc) is 2.35. The quantitative estimate of drug-likeness (QED) is 0.326. The van der Waals surface area contributed by atoms with Crippen LogP contribution in [-0.2, 0) is 27.8 Å². The summed E-state index contributed by atoms with van der Waals surface area (Å²) in [5, 5.41) is 0. The van der Waals surface area contributed by atoms with Crippen LogP contribution in [0.5, 0.6) is 0 Å². The Morgan fingerprint density at radius 2 is 0.962 bits per heavy atom. The number of hydrogen-bond acceptors (Lipinski definition) is 6. The van der Waals surface area contributed by atoms with Crippen LogP contribution >= 0.6 is 15.6 Å². The number of phosphoric acid groups is 2. The van der Waals surface area contributed by atoms with Gasteiger partial charge in [-0.3, -0.25) is 18.6 Å². The molecule has 10 nitrogen and oxygen atoms in total. The zero-order valence-electron chi connectivity index (χ0n) is 15.4. The van der Waals surface area contributed by atoms with Crippen molar-refractivity contribution in [2.75, 3.05) is 0 Å². The predicted molar refractivity (Wildman–Crippen MR) is 92.1 cm³/mol. The van der Waals surface area contributed by atoms with Gasteiger partial charge in [0.05, 0.1) is 11.2 Å². The molecule has 4 N–H and O–H groups in total. The Kier molecular flexibility index (Phi) is 9.50. The molecule has 0 atom stereocenters. The van der Waals surface area contributed by atoms with E-state index in [0.29, 0.717) is 0 Å². The van der Waals surface area contributed by atoms with Crippen molar-refractivity contribution in [3.05, 3.63) is 0 Å². The molecule has 0 aliphatic heterocycles. The van der Waals surface area contributed by atoms with E-state index in [1.54, 1.807) is 0 Å². The molecule has 0 aliphatic rings. The minimum absolute atomic E-state index is 0.00703. The molecule has 0 heterocycles. The summed E-state index contributed by atoms with van der Waals surface area (Å²) >= 11 is 0. The molecule has 12 heteroatoms. The van der Waals surface area contributed by atoms with Gasteiger partial charge in [-0.25, -0.2) is 9.13 Å². The lowest BCUT2D eigenvalue weighted by Crippen LogP contribution is -2.25. The Hall–Kier alpha value is -0.440. The summed E-state index contributed by atoms with van der Waals surface area (Å²) in [7, 11) is -9.30. The Morgan fingerprint density at radius 1 is 0.692 bits per heavy atom. The van der Waals surface area contributed by atoms with Gasteiger partial charge in [-0.05, 0) is 40.5 Å². The highest BCUT2D eigenvalue weighted by Crippen LogP contribution is 2.43. The van der Waals surface area contributed by atoms with Gasteiger partial charge in [0.25, 0.3) is 0 Å². The Morgan fingerprint density at radius 3 is 1.19 bits per heavy atom. The van der Waals surface area contributed by atoms with Crippen molar-refractivity contribution in [1.29, 1.82) is 0 Å². The van der Waals surface area contributed by atoms with Crippen molar-refractivity contribution in [3.8, 4) is 0 Å². The maximum absolute atomic E-state index is 11.8. The maximum Gasteiger partial charge on any atom is 0.470 e. The minimum Gasteiger partial charge on any atom is -0.303 e. The van der Waals surface area contributed by atoms with Crippen molar-refractivity contribution in [2.45, 2.75) is 77.4 Å². The van der Waals surface area contributed by atoms with Crippen molar-refractivity contribution >= 4 is 27.2 Å². The molecular formula is C14H28O10P2. The van der Waals surface area contributed by atoms with E-state index >= 15 is 0 Å². The summed E-state index contributed by atoms with van der Waals surface area (Å²) in [5.74, 6) is -0.488. The van der Waals surface area contributed by atoms with Crippen LogP contribution in [0.15, 0.2) is 0 Å². The number of carbonyl (C=O) groups excluding carboxylic acids is 2. The van der Waals surface area contributed by atoms with Gasteiger partial charge in [-0.15, -0.1) is 0 Å². The summed E-state index contributed by atoms with van der Waals surface area (Å²) in [6.45, 7) is 5.81. The van der Waals surface area contributed by atoms with Crippen molar-refractivity contribution in [3.63, 3.8) is 0 Å². The van der Waals surface area contributed by atoms with Gasteiger partial charge in [-0.1, -0.05) is 0 Å². The smallest absolute Gasteiger partial charge is 0.303 e. The second kappa shape index (κ2) is 9.66. The first-order valence-electron chi connectivity index (χ1n) is 7.97.